The normalized spacial score (nSPS) is 13.4. The van der Waals surface area contributed by atoms with Gasteiger partial charge in [0.05, 0.1) is 24.4 Å². The molecule has 3 rings (SSSR count). The molecule has 0 unspecified atom stereocenters. The standard InChI is InChI=1S/C19H19N3O4S/c1-26-16-5-3-2-4-15(16)21-19(25)13-6-8-14(9-7-13)20-17(23)10-22-12-27-11-18(22)24/h2-9H,10-12H2,1H3,(H,20,23)(H,21,25). The fourth-order valence-corrected chi connectivity index (χ4v) is 3.47. The van der Waals surface area contributed by atoms with E-state index >= 15 is 0 Å². The van der Waals surface area contributed by atoms with Crippen molar-refractivity contribution in [1.29, 1.82) is 0 Å². The van der Waals surface area contributed by atoms with Gasteiger partial charge in [0.2, 0.25) is 11.8 Å². The van der Waals surface area contributed by atoms with E-state index in [0.29, 0.717) is 34.3 Å². The number of para-hydroxylation sites is 2. The molecule has 0 atom stereocenters. The lowest BCUT2D eigenvalue weighted by molar-refractivity contribution is -0.130. The predicted octanol–water partition coefficient (Wildman–Crippen LogP) is 2.42. The molecule has 0 spiro atoms. The first-order chi connectivity index (χ1) is 13.1. The largest absolute Gasteiger partial charge is 0.495 e. The second kappa shape index (κ2) is 8.59. The summed E-state index contributed by atoms with van der Waals surface area (Å²) in [6, 6.07) is 13.7. The average Bonchev–Trinajstić information content (AvgIpc) is 3.07. The summed E-state index contributed by atoms with van der Waals surface area (Å²) in [7, 11) is 1.54. The minimum atomic E-state index is -0.280. The number of carbonyl (C=O) groups is 3. The second-order valence-corrected chi connectivity index (χ2v) is 6.80. The zero-order valence-electron chi connectivity index (χ0n) is 14.7. The van der Waals surface area contributed by atoms with Gasteiger partial charge in [-0.1, -0.05) is 12.1 Å². The van der Waals surface area contributed by atoms with Gasteiger partial charge in [0.1, 0.15) is 12.3 Å². The van der Waals surface area contributed by atoms with Crippen LogP contribution >= 0.6 is 11.8 Å². The quantitative estimate of drug-likeness (QED) is 0.797. The Bertz CT molecular complexity index is 854. The number of hydrogen-bond acceptors (Lipinski definition) is 5. The minimum absolute atomic E-state index is 0.0292. The molecule has 2 aromatic carbocycles. The molecular formula is C19H19N3O4S. The van der Waals surface area contributed by atoms with E-state index in [1.165, 1.54) is 23.8 Å². The molecule has 27 heavy (non-hydrogen) atoms. The Morgan fingerprint density at radius 2 is 1.85 bits per heavy atom. The summed E-state index contributed by atoms with van der Waals surface area (Å²) in [5.74, 6) is 0.953. The van der Waals surface area contributed by atoms with Crippen LogP contribution in [0.15, 0.2) is 48.5 Å². The fourth-order valence-electron chi connectivity index (χ4n) is 2.56. The van der Waals surface area contributed by atoms with Gasteiger partial charge in [-0.25, -0.2) is 0 Å². The van der Waals surface area contributed by atoms with Gasteiger partial charge in [0, 0.05) is 11.3 Å². The lowest BCUT2D eigenvalue weighted by atomic mass is 10.2. The van der Waals surface area contributed by atoms with E-state index in [2.05, 4.69) is 10.6 Å². The molecule has 7 nitrogen and oxygen atoms in total. The number of rotatable bonds is 6. The Kier molecular flexibility index (Phi) is 5.97. The third-order valence-corrected chi connectivity index (χ3v) is 4.89. The Hall–Kier alpha value is -3.00. The summed E-state index contributed by atoms with van der Waals surface area (Å²) in [4.78, 5) is 37.5. The number of benzene rings is 2. The number of methoxy groups -OCH3 is 1. The number of amides is 3. The molecule has 2 N–H and O–H groups in total. The summed E-state index contributed by atoms with van der Waals surface area (Å²) in [6.07, 6.45) is 0. The summed E-state index contributed by atoms with van der Waals surface area (Å²) < 4.78 is 5.22. The maximum atomic E-state index is 12.4. The highest BCUT2D eigenvalue weighted by atomic mass is 32.2. The smallest absolute Gasteiger partial charge is 0.255 e. The SMILES string of the molecule is COc1ccccc1NC(=O)c1ccc(NC(=O)CN2CSCC2=O)cc1. The van der Waals surface area contributed by atoms with Gasteiger partial charge in [0.25, 0.3) is 5.91 Å². The molecule has 0 saturated carbocycles. The van der Waals surface area contributed by atoms with E-state index in [1.807, 2.05) is 6.07 Å². The number of nitrogens with one attached hydrogen (secondary N) is 2. The van der Waals surface area contributed by atoms with E-state index in [0.717, 1.165) is 0 Å². The van der Waals surface area contributed by atoms with E-state index < -0.39 is 0 Å². The van der Waals surface area contributed by atoms with E-state index in [-0.39, 0.29) is 24.3 Å². The lowest BCUT2D eigenvalue weighted by Crippen LogP contribution is -2.34. The average molecular weight is 385 g/mol. The number of thioether (sulfide) groups is 1. The van der Waals surface area contributed by atoms with Gasteiger partial charge < -0.3 is 20.3 Å². The van der Waals surface area contributed by atoms with Crippen molar-refractivity contribution in [1.82, 2.24) is 4.90 Å². The summed E-state index contributed by atoms with van der Waals surface area (Å²) in [6.45, 7) is 0.0296. The Morgan fingerprint density at radius 1 is 1.11 bits per heavy atom. The van der Waals surface area contributed by atoms with Gasteiger partial charge in [-0.15, -0.1) is 11.8 Å². The van der Waals surface area contributed by atoms with Crippen molar-refractivity contribution in [2.75, 3.05) is 35.9 Å². The Balaban J connectivity index is 1.58. The van der Waals surface area contributed by atoms with Crippen molar-refractivity contribution in [3.8, 4) is 5.75 Å². The van der Waals surface area contributed by atoms with Gasteiger partial charge in [-0.2, -0.15) is 0 Å². The molecule has 2 aromatic rings. The van der Waals surface area contributed by atoms with Gasteiger partial charge in [0.15, 0.2) is 0 Å². The van der Waals surface area contributed by atoms with E-state index in [1.54, 1.807) is 42.5 Å². The first kappa shape index (κ1) is 18.8. The topological polar surface area (TPSA) is 87.7 Å². The third kappa shape index (κ3) is 4.79. The van der Waals surface area contributed by atoms with Crippen molar-refractivity contribution in [2.45, 2.75) is 0 Å². The highest BCUT2D eigenvalue weighted by Crippen LogP contribution is 2.24. The van der Waals surface area contributed by atoms with Crippen LogP contribution < -0.4 is 15.4 Å². The van der Waals surface area contributed by atoms with Crippen LogP contribution in [0.4, 0.5) is 11.4 Å². The first-order valence-corrected chi connectivity index (χ1v) is 9.42. The Morgan fingerprint density at radius 3 is 2.52 bits per heavy atom. The molecule has 1 saturated heterocycles. The van der Waals surface area contributed by atoms with Gasteiger partial charge >= 0.3 is 0 Å². The number of hydrogen-bond donors (Lipinski definition) is 2. The van der Waals surface area contributed by atoms with Gasteiger partial charge in [-0.3, -0.25) is 14.4 Å². The fraction of sp³-hybridized carbons (Fsp3) is 0.211. The van der Waals surface area contributed by atoms with Crippen LogP contribution in [-0.2, 0) is 9.59 Å². The molecule has 140 valence electrons. The van der Waals surface area contributed by atoms with Crippen molar-refractivity contribution in [2.24, 2.45) is 0 Å². The van der Waals surface area contributed by atoms with Gasteiger partial charge in [-0.05, 0) is 36.4 Å². The Labute approximate surface area is 161 Å². The summed E-state index contributed by atoms with van der Waals surface area (Å²) in [5, 5.41) is 5.52. The minimum Gasteiger partial charge on any atom is -0.495 e. The summed E-state index contributed by atoms with van der Waals surface area (Å²) >= 11 is 1.49. The molecule has 0 aliphatic carbocycles. The number of carbonyl (C=O) groups excluding carboxylic acids is 3. The van der Waals surface area contributed by atoms with Crippen LogP contribution in [0.1, 0.15) is 10.4 Å². The number of anilines is 2. The molecular weight excluding hydrogens is 366 g/mol. The van der Waals surface area contributed by atoms with Crippen LogP contribution in [0.3, 0.4) is 0 Å². The highest BCUT2D eigenvalue weighted by Gasteiger charge is 2.22. The molecule has 0 bridgehead atoms. The molecule has 0 aromatic heterocycles. The maximum absolute atomic E-state index is 12.4. The van der Waals surface area contributed by atoms with Crippen molar-refractivity contribution < 1.29 is 19.1 Å². The van der Waals surface area contributed by atoms with Crippen molar-refractivity contribution in [3.05, 3.63) is 54.1 Å². The van der Waals surface area contributed by atoms with Crippen LogP contribution in [0, 0.1) is 0 Å². The molecule has 1 aliphatic rings. The molecule has 8 heteroatoms. The second-order valence-electron chi connectivity index (χ2n) is 5.85. The number of nitrogens with zero attached hydrogens (tertiary/aromatic N) is 1. The number of ether oxygens (including phenoxy) is 1. The lowest BCUT2D eigenvalue weighted by Gasteiger charge is -2.14. The van der Waals surface area contributed by atoms with E-state index in [9.17, 15) is 14.4 Å². The van der Waals surface area contributed by atoms with Crippen LogP contribution in [-0.4, -0.2) is 47.9 Å². The zero-order chi connectivity index (χ0) is 19.2. The predicted molar refractivity (Wildman–Crippen MR) is 105 cm³/mol. The molecule has 1 aliphatic heterocycles. The van der Waals surface area contributed by atoms with Crippen LogP contribution in [0.25, 0.3) is 0 Å². The maximum Gasteiger partial charge on any atom is 0.255 e. The molecule has 0 radical (unpaired) electrons. The highest BCUT2D eigenvalue weighted by molar-refractivity contribution is 8.00. The third-order valence-electron chi connectivity index (χ3n) is 3.95. The van der Waals surface area contributed by atoms with Crippen LogP contribution in [0.5, 0.6) is 5.75 Å². The molecule has 1 fully saturated rings. The van der Waals surface area contributed by atoms with Crippen molar-refractivity contribution in [3.63, 3.8) is 0 Å². The summed E-state index contributed by atoms with van der Waals surface area (Å²) in [5.41, 5.74) is 1.59. The zero-order valence-corrected chi connectivity index (χ0v) is 15.5. The van der Waals surface area contributed by atoms with Crippen molar-refractivity contribution >= 4 is 40.9 Å². The molecule has 3 amide bonds. The van der Waals surface area contributed by atoms with E-state index in [4.69, 9.17) is 4.74 Å². The monoisotopic (exact) mass is 385 g/mol. The first-order valence-electron chi connectivity index (χ1n) is 8.26. The van der Waals surface area contributed by atoms with Crippen LogP contribution in [0.2, 0.25) is 0 Å². The molecule has 1 heterocycles.